The molecule has 0 bridgehead atoms. The van der Waals surface area contributed by atoms with E-state index >= 15 is 0 Å². The van der Waals surface area contributed by atoms with Crippen LogP contribution in [0.15, 0.2) is 57.9 Å². The first-order chi connectivity index (χ1) is 13.2. The molecule has 1 aromatic heterocycles. The number of amides is 1. The van der Waals surface area contributed by atoms with E-state index in [1.807, 2.05) is 47.4 Å². The van der Waals surface area contributed by atoms with Gasteiger partial charge in [0.1, 0.15) is 0 Å². The molecule has 1 amide bonds. The number of carbonyl (C=O) groups is 1. The number of fused-ring (bicyclic) bond motifs is 1. The van der Waals surface area contributed by atoms with Gasteiger partial charge in [-0.05, 0) is 17.7 Å². The molecule has 1 aliphatic rings. The Morgan fingerprint density at radius 2 is 2.00 bits per heavy atom. The second kappa shape index (κ2) is 7.94. The molecule has 0 unspecified atom stereocenters. The fraction of sp³-hybridized carbons (Fsp3) is 0.250. The maximum Gasteiger partial charge on any atom is 0.227 e. The number of anilines is 1. The highest BCUT2D eigenvalue weighted by Gasteiger charge is 2.23. The summed E-state index contributed by atoms with van der Waals surface area (Å²) in [5.74, 6) is 1.99. The third kappa shape index (κ3) is 3.89. The minimum absolute atomic E-state index is 0.0785. The van der Waals surface area contributed by atoms with E-state index in [9.17, 15) is 4.79 Å². The van der Waals surface area contributed by atoms with Gasteiger partial charge in [0.25, 0.3) is 0 Å². The van der Waals surface area contributed by atoms with Gasteiger partial charge >= 0.3 is 0 Å². The van der Waals surface area contributed by atoms with E-state index in [0.717, 1.165) is 34.0 Å². The van der Waals surface area contributed by atoms with Crippen LogP contribution in [-0.2, 0) is 17.8 Å². The molecule has 138 valence electrons. The second-order valence-electron chi connectivity index (χ2n) is 6.27. The Morgan fingerprint density at radius 3 is 2.81 bits per heavy atom. The molecule has 2 N–H and O–H groups in total. The van der Waals surface area contributed by atoms with E-state index in [4.69, 9.17) is 10.3 Å². The predicted octanol–water partition coefficient (Wildman–Crippen LogP) is 3.27. The van der Waals surface area contributed by atoms with Gasteiger partial charge in [-0.3, -0.25) is 4.79 Å². The third-order valence-electron chi connectivity index (χ3n) is 4.50. The van der Waals surface area contributed by atoms with Gasteiger partial charge < -0.3 is 15.2 Å². The fourth-order valence-electron chi connectivity index (χ4n) is 3.04. The molecule has 4 rings (SSSR count). The van der Waals surface area contributed by atoms with E-state index in [2.05, 4.69) is 16.2 Å². The van der Waals surface area contributed by atoms with Crippen molar-refractivity contribution < 1.29 is 9.32 Å². The number of aromatic nitrogens is 2. The zero-order chi connectivity index (χ0) is 18.6. The molecule has 0 aliphatic carbocycles. The largest absolute Gasteiger partial charge is 0.339 e. The molecule has 0 saturated heterocycles. The lowest BCUT2D eigenvalue weighted by atomic mass is 10.1. The summed E-state index contributed by atoms with van der Waals surface area (Å²) in [5.41, 5.74) is 8.53. The van der Waals surface area contributed by atoms with Crippen molar-refractivity contribution in [2.24, 2.45) is 5.73 Å². The Labute approximate surface area is 161 Å². The Hall–Kier alpha value is -2.64. The van der Waals surface area contributed by atoms with Gasteiger partial charge in [-0.2, -0.15) is 4.98 Å². The van der Waals surface area contributed by atoms with Crippen molar-refractivity contribution in [1.82, 2.24) is 10.1 Å². The van der Waals surface area contributed by atoms with Crippen molar-refractivity contribution in [2.45, 2.75) is 24.3 Å². The van der Waals surface area contributed by atoms with Crippen LogP contribution in [0.5, 0.6) is 0 Å². The number of carbonyl (C=O) groups excluding carboxylic acids is 1. The molecular formula is C20H20N4O2S. The summed E-state index contributed by atoms with van der Waals surface area (Å²) in [6.45, 7) is 1.22. The summed E-state index contributed by atoms with van der Waals surface area (Å²) in [6, 6.07) is 15.7. The summed E-state index contributed by atoms with van der Waals surface area (Å²) in [6.07, 6.45) is 0.769. The molecule has 7 heteroatoms. The number of rotatable bonds is 5. The number of aryl methyl sites for hydroxylation is 1. The van der Waals surface area contributed by atoms with Crippen LogP contribution in [0, 0.1) is 0 Å². The summed E-state index contributed by atoms with van der Waals surface area (Å²) in [4.78, 5) is 20.1. The molecule has 0 atom stereocenters. The number of nitrogens with zero attached hydrogens (tertiary/aromatic N) is 3. The number of para-hydroxylation sites is 1. The minimum atomic E-state index is 0.0785. The summed E-state index contributed by atoms with van der Waals surface area (Å²) < 4.78 is 5.32. The lowest BCUT2D eigenvalue weighted by Gasteiger charge is -2.28. The number of thioether (sulfide) groups is 1. The van der Waals surface area contributed by atoms with Crippen LogP contribution in [0.2, 0.25) is 0 Å². The van der Waals surface area contributed by atoms with Gasteiger partial charge in [0.2, 0.25) is 17.6 Å². The van der Waals surface area contributed by atoms with Crippen molar-refractivity contribution in [2.75, 3.05) is 17.2 Å². The molecular weight excluding hydrogens is 360 g/mol. The molecule has 3 aromatic rings. The minimum Gasteiger partial charge on any atom is -0.339 e. The maximum atomic E-state index is 12.7. The Balaban J connectivity index is 1.41. The number of hydrogen-bond donors (Lipinski definition) is 1. The quantitative estimate of drug-likeness (QED) is 0.731. The van der Waals surface area contributed by atoms with Crippen molar-refractivity contribution >= 4 is 23.4 Å². The zero-order valence-corrected chi connectivity index (χ0v) is 15.6. The van der Waals surface area contributed by atoms with Gasteiger partial charge in [-0.25, -0.2) is 0 Å². The standard InChI is InChI=1S/C20H20N4O2S/c21-13-14-5-7-15(8-6-14)20-22-18(26-23-20)9-10-19(25)24-11-12-27-17-4-2-1-3-16(17)24/h1-8H,9-13,21H2. The van der Waals surface area contributed by atoms with Crippen molar-refractivity contribution in [3.8, 4) is 11.4 Å². The van der Waals surface area contributed by atoms with E-state index in [1.165, 1.54) is 0 Å². The first-order valence-electron chi connectivity index (χ1n) is 8.89. The predicted molar refractivity (Wildman–Crippen MR) is 105 cm³/mol. The summed E-state index contributed by atoms with van der Waals surface area (Å²) in [5, 5.41) is 4.02. The molecule has 6 nitrogen and oxygen atoms in total. The highest BCUT2D eigenvalue weighted by molar-refractivity contribution is 7.99. The monoisotopic (exact) mass is 380 g/mol. The van der Waals surface area contributed by atoms with E-state index < -0.39 is 0 Å². The van der Waals surface area contributed by atoms with Gasteiger partial charge in [0.05, 0.1) is 5.69 Å². The van der Waals surface area contributed by atoms with Crippen molar-refractivity contribution in [3.63, 3.8) is 0 Å². The Kier molecular flexibility index (Phi) is 5.22. The Morgan fingerprint density at radius 1 is 1.19 bits per heavy atom. The van der Waals surface area contributed by atoms with Crippen LogP contribution in [0.4, 0.5) is 5.69 Å². The number of hydrogen-bond acceptors (Lipinski definition) is 6. The molecule has 2 aromatic carbocycles. The lowest BCUT2D eigenvalue weighted by molar-refractivity contribution is -0.118. The molecule has 27 heavy (non-hydrogen) atoms. The maximum absolute atomic E-state index is 12.7. The zero-order valence-electron chi connectivity index (χ0n) is 14.8. The van der Waals surface area contributed by atoms with Gasteiger partial charge in [0, 0.05) is 42.1 Å². The highest BCUT2D eigenvalue weighted by Crippen LogP contribution is 2.34. The lowest BCUT2D eigenvalue weighted by Crippen LogP contribution is -2.35. The number of benzene rings is 2. The molecule has 0 spiro atoms. The van der Waals surface area contributed by atoms with Crippen LogP contribution >= 0.6 is 11.8 Å². The fourth-order valence-corrected chi connectivity index (χ4v) is 4.04. The topological polar surface area (TPSA) is 85.2 Å². The highest BCUT2D eigenvalue weighted by atomic mass is 32.2. The molecule has 0 saturated carbocycles. The van der Waals surface area contributed by atoms with Crippen molar-refractivity contribution in [1.29, 1.82) is 0 Å². The first kappa shape index (κ1) is 17.8. The average Bonchev–Trinajstić information content (AvgIpc) is 3.20. The van der Waals surface area contributed by atoms with Crippen molar-refractivity contribution in [3.05, 3.63) is 60.0 Å². The number of nitrogens with two attached hydrogens (primary N) is 1. The van der Waals surface area contributed by atoms with Crippen LogP contribution in [-0.4, -0.2) is 28.3 Å². The molecule has 2 heterocycles. The molecule has 0 radical (unpaired) electrons. The van der Waals surface area contributed by atoms with Crippen LogP contribution in [0.25, 0.3) is 11.4 Å². The molecule has 1 aliphatic heterocycles. The van der Waals surface area contributed by atoms with E-state index in [0.29, 0.717) is 31.1 Å². The van der Waals surface area contributed by atoms with Crippen LogP contribution < -0.4 is 10.6 Å². The summed E-state index contributed by atoms with van der Waals surface area (Å²) >= 11 is 1.79. The van der Waals surface area contributed by atoms with Gasteiger partial charge in [-0.1, -0.05) is 41.6 Å². The SMILES string of the molecule is NCc1ccc(-c2noc(CCC(=O)N3CCSc4ccccc43)n2)cc1. The normalized spacial score (nSPS) is 13.4. The van der Waals surface area contributed by atoms with E-state index in [-0.39, 0.29) is 5.91 Å². The average molecular weight is 380 g/mol. The van der Waals surface area contributed by atoms with Crippen LogP contribution in [0.3, 0.4) is 0 Å². The van der Waals surface area contributed by atoms with E-state index in [1.54, 1.807) is 11.8 Å². The second-order valence-corrected chi connectivity index (χ2v) is 7.41. The van der Waals surface area contributed by atoms with Gasteiger partial charge in [-0.15, -0.1) is 11.8 Å². The first-order valence-corrected chi connectivity index (χ1v) is 9.87. The smallest absolute Gasteiger partial charge is 0.227 e. The third-order valence-corrected chi connectivity index (χ3v) is 5.54. The Bertz CT molecular complexity index is 939. The molecule has 0 fully saturated rings. The van der Waals surface area contributed by atoms with Gasteiger partial charge in [0.15, 0.2) is 0 Å². The van der Waals surface area contributed by atoms with Crippen LogP contribution in [0.1, 0.15) is 17.9 Å². The summed E-state index contributed by atoms with van der Waals surface area (Å²) in [7, 11) is 0.